The Morgan fingerprint density at radius 1 is 0.571 bits per heavy atom. The van der Waals surface area contributed by atoms with Gasteiger partial charge in [-0.15, -0.1) is 0 Å². The number of rotatable bonds is 6. The van der Waals surface area contributed by atoms with Gasteiger partial charge >= 0.3 is 0 Å². The van der Waals surface area contributed by atoms with Crippen molar-refractivity contribution in [3.8, 4) is 0 Å². The lowest BCUT2D eigenvalue weighted by atomic mass is 9.90. The van der Waals surface area contributed by atoms with Crippen LogP contribution in [-0.4, -0.2) is 5.71 Å². The third-order valence-corrected chi connectivity index (χ3v) is 4.99. The number of hydrogen-bond donors (Lipinski definition) is 3. The molecule has 5 N–H and O–H groups in total. The fourth-order valence-electron chi connectivity index (χ4n) is 3.14. The molecule has 0 unspecified atom stereocenters. The van der Waals surface area contributed by atoms with Crippen LogP contribution < -0.4 is 11.5 Å². The highest BCUT2D eigenvalue weighted by Crippen LogP contribution is 2.30. The number of allylic oxidation sites excluding steroid dienone is 5. The minimum absolute atomic E-state index is 0.498. The van der Waals surface area contributed by atoms with Crippen LogP contribution in [0.5, 0.6) is 0 Å². The maximum absolute atomic E-state index is 7.66. The van der Waals surface area contributed by atoms with Crippen LogP contribution in [-0.2, 0) is 0 Å². The number of benzene rings is 2. The van der Waals surface area contributed by atoms with E-state index in [0.29, 0.717) is 5.71 Å². The molecule has 192 valence electrons. The van der Waals surface area contributed by atoms with Crippen LogP contribution in [0.2, 0.25) is 0 Å². The number of hydrogen-bond acceptors (Lipinski definition) is 3. The summed E-state index contributed by atoms with van der Waals surface area (Å²) in [5.74, 6) is 0. The first-order valence-electron chi connectivity index (χ1n) is 13.3. The molecule has 3 nitrogen and oxygen atoms in total. The van der Waals surface area contributed by atoms with Crippen molar-refractivity contribution in [2.24, 2.45) is 0 Å². The van der Waals surface area contributed by atoms with E-state index in [2.05, 4.69) is 41.5 Å². The van der Waals surface area contributed by atoms with Crippen molar-refractivity contribution in [1.29, 1.82) is 5.41 Å². The molecule has 0 radical (unpaired) electrons. The Labute approximate surface area is 215 Å². The molecule has 0 amide bonds. The molecule has 3 rings (SSSR count). The summed E-state index contributed by atoms with van der Waals surface area (Å²) in [5.41, 5.74) is 17.9. The Balaban J connectivity index is 0.000000740. The zero-order valence-corrected chi connectivity index (χ0v) is 23.0. The van der Waals surface area contributed by atoms with E-state index in [-0.39, 0.29) is 0 Å². The number of nitrogen functional groups attached to an aromatic ring is 2. The van der Waals surface area contributed by atoms with Crippen molar-refractivity contribution in [3.63, 3.8) is 0 Å². The largest absolute Gasteiger partial charge is 0.399 e. The van der Waals surface area contributed by atoms with Crippen LogP contribution in [0.25, 0.3) is 5.57 Å². The Hall–Kier alpha value is -3.07. The van der Waals surface area contributed by atoms with Crippen LogP contribution in [0.15, 0.2) is 78.4 Å². The van der Waals surface area contributed by atoms with Crippen LogP contribution in [0, 0.1) is 5.41 Å². The van der Waals surface area contributed by atoms with Crippen molar-refractivity contribution in [2.75, 3.05) is 11.5 Å². The molecule has 1 aliphatic rings. The molecule has 0 saturated carbocycles. The minimum Gasteiger partial charge on any atom is -0.399 e. The number of nitrogens with one attached hydrogen (secondary N) is 1. The fourth-order valence-corrected chi connectivity index (χ4v) is 3.14. The zero-order valence-electron chi connectivity index (χ0n) is 23.0. The SMILES string of the molecule is CCC.CCCCC.CCCCC.N=C1C=CC(=C(c2ccc(N)cc2)c2ccc(N)cc2)C=C1. The molecular weight excluding hydrogens is 426 g/mol. The molecule has 0 spiro atoms. The van der Waals surface area contributed by atoms with Gasteiger partial charge in [-0.1, -0.05) is 123 Å². The van der Waals surface area contributed by atoms with Crippen LogP contribution in [0.3, 0.4) is 0 Å². The lowest BCUT2D eigenvalue weighted by molar-refractivity contribution is 0.772. The van der Waals surface area contributed by atoms with Gasteiger partial charge in [0.15, 0.2) is 0 Å². The third-order valence-electron chi connectivity index (χ3n) is 4.99. The Kier molecular flexibility index (Phi) is 18.5. The summed E-state index contributed by atoms with van der Waals surface area (Å²) >= 11 is 0. The van der Waals surface area contributed by atoms with E-state index in [9.17, 15) is 0 Å². The summed E-state index contributed by atoms with van der Waals surface area (Å²) in [7, 11) is 0. The van der Waals surface area contributed by atoms with Gasteiger partial charge < -0.3 is 16.9 Å². The van der Waals surface area contributed by atoms with Crippen LogP contribution >= 0.6 is 0 Å². The lowest BCUT2D eigenvalue weighted by Crippen LogP contribution is -1.97. The molecule has 2 aromatic rings. The van der Waals surface area contributed by atoms with E-state index in [4.69, 9.17) is 16.9 Å². The minimum atomic E-state index is 0.498. The summed E-state index contributed by atoms with van der Waals surface area (Å²) in [6.07, 6.45) is 16.9. The Bertz CT molecular complexity index is 825. The van der Waals surface area contributed by atoms with Gasteiger partial charge in [-0.2, -0.15) is 0 Å². The second-order valence-electron chi connectivity index (χ2n) is 8.61. The van der Waals surface area contributed by atoms with Crippen molar-refractivity contribution < 1.29 is 0 Å². The second kappa shape index (κ2) is 20.3. The predicted octanol–water partition coefficient (Wildman–Crippen LogP) is 9.61. The lowest BCUT2D eigenvalue weighted by Gasteiger charge is -2.14. The molecular formula is C32H49N3. The van der Waals surface area contributed by atoms with Crippen LogP contribution in [0.4, 0.5) is 11.4 Å². The summed E-state index contributed by atoms with van der Waals surface area (Å²) in [6, 6.07) is 15.6. The average molecular weight is 476 g/mol. The van der Waals surface area contributed by atoms with Gasteiger partial charge in [0.25, 0.3) is 0 Å². The molecule has 0 aliphatic heterocycles. The van der Waals surface area contributed by atoms with Gasteiger partial charge in [-0.3, -0.25) is 0 Å². The molecule has 0 bridgehead atoms. The normalized spacial score (nSPS) is 11.4. The van der Waals surface area contributed by atoms with Crippen LogP contribution in [0.1, 0.15) is 97.6 Å². The van der Waals surface area contributed by atoms with E-state index in [1.54, 1.807) is 12.2 Å². The van der Waals surface area contributed by atoms with Crippen molar-refractivity contribution in [3.05, 3.63) is 89.5 Å². The first kappa shape index (κ1) is 31.9. The van der Waals surface area contributed by atoms with Gasteiger partial charge in [0.1, 0.15) is 0 Å². The van der Waals surface area contributed by atoms with E-state index >= 15 is 0 Å². The highest BCUT2D eigenvalue weighted by atomic mass is 14.5. The molecule has 0 atom stereocenters. The van der Waals surface area contributed by atoms with E-state index in [0.717, 1.165) is 33.6 Å². The van der Waals surface area contributed by atoms with E-state index < -0.39 is 0 Å². The van der Waals surface area contributed by atoms with Gasteiger partial charge in [-0.05, 0) is 58.7 Å². The quantitative estimate of drug-likeness (QED) is 0.364. The molecule has 2 aromatic carbocycles. The van der Waals surface area contributed by atoms with Crippen molar-refractivity contribution >= 4 is 22.7 Å². The van der Waals surface area contributed by atoms with Gasteiger partial charge in [-0.25, -0.2) is 0 Å². The molecule has 0 saturated heterocycles. The second-order valence-corrected chi connectivity index (χ2v) is 8.61. The van der Waals surface area contributed by atoms with E-state index in [1.807, 2.05) is 60.7 Å². The number of unbranched alkanes of at least 4 members (excludes halogenated alkanes) is 4. The maximum Gasteiger partial charge on any atom is 0.0540 e. The molecule has 1 aliphatic carbocycles. The van der Waals surface area contributed by atoms with Gasteiger partial charge in [0.2, 0.25) is 0 Å². The first-order valence-corrected chi connectivity index (χ1v) is 13.3. The van der Waals surface area contributed by atoms with Crippen molar-refractivity contribution in [1.82, 2.24) is 0 Å². The maximum atomic E-state index is 7.66. The van der Waals surface area contributed by atoms with Gasteiger partial charge in [0.05, 0.1) is 5.71 Å². The summed E-state index contributed by atoms with van der Waals surface area (Å²) in [6.45, 7) is 13.1. The topological polar surface area (TPSA) is 75.9 Å². The molecule has 0 heterocycles. The Morgan fingerprint density at radius 3 is 1.14 bits per heavy atom. The smallest absolute Gasteiger partial charge is 0.0540 e. The first-order chi connectivity index (χ1) is 16.9. The summed E-state index contributed by atoms with van der Waals surface area (Å²) in [4.78, 5) is 0. The highest BCUT2D eigenvalue weighted by molar-refractivity contribution is 6.05. The van der Waals surface area contributed by atoms with Gasteiger partial charge in [0, 0.05) is 11.4 Å². The summed E-state index contributed by atoms with van der Waals surface area (Å²) < 4.78 is 0. The predicted molar refractivity (Wildman–Crippen MR) is 160 cm³/mol. The average Bonchev–Trinajstić information content (AvgIpc) is 2.85. The molecule has 35 heavy (non-hydrogen) atoms. The number of anilines is 2. The summed E-state index contributed by atoms with van der Waals surface area (Å²) in [5, 5.41) is 7.66. The third kappa shape index (κ3) is 14.0. The van der Waals surface area contributed by atoms with E-state index in [1.165, 1.54) is 44.9 Å². The highest BCUT2D eigenvalue weighted by Gasteiger charge is 2.10. The van der Waals surface area contributed by atoms with Crippen molar-refractivity contribution in [2.45, 2.75) is 86.5 Å². The molecule has 3 heteroatoms. The molecule has 0 aromatic heterocycles. The fraction of sp³-hybridized carbons (Fsp3) is 0.406. The number of nitrogens with two attached hydrogens (primary N) is 2. The standard InChI is InChI=1S/C19H17N3.2C5H12.C3H8/c20-16-7-1-13(2-8-16)19(14-3-9-17(21)10-4-14)15-5-11-18(22)12-6-15;2*1-3-5-4-2;1-3-2/h1-12,20H,21-22H2;2*3-5H2,1-2H3;3H2,1-2H3. The Morgan fingerprint density at radius 2 is 0.886 bits per heavy atom. The monoisotopic (exact) mass is 475 g/mol. The zero-order chi connectivity index (χ0) is 26.5. The molecule has 0 fully saturated rings.